The van der Waals surface area contributed by atoms with Gasteiger partial charge in [0.2, 0.25) is 11.9 Å². The van der Waals surface area contributed by atoms with Gasteiger partial charge in [0.1, 0.15) is 11.7 Å². The summed E-state index contributed by atoms with van der Waals surface area (Å²) in [6, 6.07) is 7.72. The molecule has 2 aromatic rings. The number of hydrogen-bond acceptors (Lipinski definition) is 7. The quantitative estimate of drug-likeness (QED) is 0.597. The van der Waals surface area contributed by atoms with Crippen LogP contribution in [0.15, 0.2) is 29.1 Å². The van der Waals surface area contributed by atoms with Crippen molar-refractivity contribution < 1.29 is 9.72 Å². The van der Waals surface area contributed by atoms with E-state index in [2.05, 4.69) is 15.3 Å². The van der Waals surface area contributed by atoms with Crippen molar-refractivity contribution >= 4 is 23.4 Å². The standard InChI is InChI=1S/C19H18N6O4/c20-10-12-14(11-6-2-3-7-13(11)25(28)29)15-16(21-17(12)26)22-19(23-18(15)27)24-8-4-1-5-9-24/h2-3,6-7,12,14H,1,4-5,8-9H2,(H2,21,22,23,26,27)/t12-,14-/m1/s1. The number of anilines is 2. The number of H-pyrrole nitrogens is 1. The van der Waals surface area contributed by atoms with Crippen LogP contribution in [0.2, 0.25) is 0 Å². The fourth-order valence-electron chi connectivity index (χ4n) is 4.01. The number of amides is 1. The van der Waals surface area contributed by atoms with Crippen LogP contribution in [0, 0.1) is 27.4 Å². The molecule has 4 rings (SSSR count). The van der Waals surface area contributed by atoms with E-state index in [-0.39, 0.29) is 22.6 Å². The molecule has 3 heterocycles. The topological polar surface area (TPSA) is 145 Å². The van der Waals surface area contributed by atoms with Gasteiger partial charge in [-0.15, -0.1) is 0 Å². The summed E-state index contributed by atoms with van der Waals surface area (Å²) in [6.45, 7) is 1.48. The minimum absolute atomic E-state index is 0.0500. The number of benzene rings is 1. The zero-order chi connectivity index (χ0) is 20.5. The molecule has 148 valence electrons. The molecule has 10 heteroatoms. The lowest BCUT2D eigenvalue weighted by molar-refractivity contribution is -0.385. The molecule has 1 aromatic carbocycles. The first kappa shape index (κ1) is 18.6. The van der Waals surface area contributed by atoms with Crippen molar-refractivity contribution in [2.75, 3.05) is 23.3 Å². The number of nitrogens with one attached hydrogen (secondary N) is 2. The third-order valence-corrected chi connectivity index (χ3v) is 5.37. The number of fused-ring (bicyclic) bond motifs is 1. The van der Waals surface area contributed by atoms with Crippen LogP contribution in [0.25, 0.3) is 0 Å². The fourth-order valence-corrected chi connectivity index (χ4v) is 4.01. The number of nitro benzene ring substituents is 1. The minimum atomic E-state index is -1.28. The van der Waals surface area contributed by atoms with Gasteiger partial charge in [-0.2, -0.15) is 10.2 Å². The van der Waals surface area contributed by atoms with Crippen molar-refractivity contribution in [3.63, 3.8) is 0 Å². The molecule has 2 atom stereocenters. The number of aromatic amines is 1. The predicted molar refractivity (Wildman–Crippen MR) is 104 cm³/mol. The molecular weight excluding hydrogens is 376 g/mol. The summed E-state index contributed by atoms with van der Waals surface area (Å²) >= 11 is 0. The molecule has 2 N–H and O–H groups in total. The molecule has 1 fully saturated rings. The minimum Gasteiger partial charge on any atom is -0.342 e. The number of nitro groups is 1. The maximum absolute atomic E-state index is 13.0. The second-order valence-electron chi connectivity index (χ2n) is 7.09. The average Bonchev–Trinajstić information content (AvgIpc) is 2.73. The molecule has 0 unspecified atom stereocenters. The third kappa shape index (κ3) is 3.20. The second-order valence-corrected chi connectivity index (χ2v) is 7.09. The number of aromatic nitrogens is 2. The van der Waals surface area contributed by atoms with E-state index in [4.69, 9.17) is 0 Å². The number of nitrogens with zero attached hydrogens (tertiary/aromatic N) is 4. The Morgan fingerprint density at radius 3 is 2.62 bits per heavy atom. The van der Waals surface area contributed by atoms with Crippen LogP contribution >= 0.6 is 0 Å². The normalized spacial score (nSPS) is 21.1. The lowest BCUT2D eigenvalue weighted by Gasteiger charge is -2.31. The van der Waals surface area contributed by atoms with Crippen molar-refractivity contribution in [3.05, 3.63) is 55.9 Å². The van der Waals surface area contributed by atoms with E-state index in [9.17, 15) is 25.0 Å². The van der Waals surface area contributed by atoms with Crippen LogP contribution in [0.5, 0.6) is 0 Å². The summed E-state index contributed by atoms with van der Waals surface area (Å²) in [7, 11) is 0. The van der Waals surface area contributed by atoms with Gasteiger partial charge in [-0.25, -0.2) is 0 Å². The van der Waals surface area contributed by atoms with Crippen molar-refractivity contribution in [1.82, 2.24) is 9.97 Å². The van der Waals surface area contributed by atoms with Gasteiger partial charge in [-0.1, -0.05) is 18.2 Å². The van der Waals surface area contributed by atoms with Gasteiger partial charge in [0.15, 0.2) is 0 Å². The van der Waals surface area contributed by atoms with Crippen molar-refractivity contribution in [2.45, 2.75) is 25.2 Å². The summed E-state index contributed by atoms with van der Waals surface area (Å²) in [5.41, 5.74) is -0.568. The zero-order valence-corrected chi connectivity index (χ0v) is 15.4. The van der Waals surface area contributed by atoms with Crippen molar-refractivity contribution in [2.24, 2.45) is 5.92 Å². The molecular formula is C19H18N6O4. The van der Waals surface area contributed by atoms with E-state index < -0.39 is 28.2 Å². The smallest absolute Gasteiger partial charge is 0.273 e. The van der Waals surface area contributed by atoms with Crippen LogP contribution < -0.4 is 15.8 Å². The van der Waals surface area contributed by atoms with Gasteiger partial charge < -0.3 is 10.2 Å². The van der Waals surface area contributed by atoms with Crippen molar-refractivity contribution in [3.8, 4) is 6.07 Å². The molecule has 10 nitrogen and oxygen atoms in total. The molecule has 0 bridgehead atoms. The first-order chi connectivity index (χ1) is 14.0. The molecule has 1 amide bonds. The fraction of sp³-hybridized carbons (Fsp3) is 0.368. The van der Waals surface area contributed by atoms with Gasteiger partial charge in [-0.3, -0.25) is 24.7 Å². The van der Waals surface area contributed by atoms with E-state index >= 15 is 0 Å². The van der Waals surface area contributed by atoms with Gasteiger partial charge in [-0.05, 0) is 19.3 Å². The summed E-state index contributed by atoms with van der Waals surface area (Å²) in [6.07, 6.45) is 3.05. The SMILES string of the molecule is N#C[C@H]1C(=O)Nc2nc(N3CCCCC3)[nH]c(=O)c2[C@@H]1c1ccccc1[N+](=O)[O-]. The highest BCUT2D eigenvalue weighted by Crippen LogP contribution is 2.41. The molecule has 1 aromatic heterocycles. The van der Waals surface area contributed by atoms with Gasteiger partial charge in [0, 0.05) is 30.6 Å². The number of para-hydroxylation sites is 1. The summed E-state index contributed by atoms with van der Waals surface area (Å²) in [5, 5.41) is 23.6. The highest BCUT2D eigenvalue weighted by molar-refractivity contribution is 5.98. The van der Waals surface area contributed by atoms with E-state index in [1.165, 1.54) is 18.2 Å². The molecule has 0 spiro atoms. The number of hydrogen-bond donors (Lipinski definition) is 2. The monoisotopic (exact) mass is 394 g/mol. The second kappa shape index (κ2) is 7.35. The Kier molecular flexibility index (Phi) is 4.72. The predicted octanol–water partition coefficient (Wildman–Crippen LogP) is 1.89. The Morgan fingerprint density at radius 2 is 1.93 bits per heavy atom. The highest BCUT2D eigenvalue weighted by atomic mass is 16.6. The van der Waals surface area contributed by atoms with Crippen LogP contribution in [0.3, 0.4) is 0 Å². The first-order valence-electron chi connectivity index (χ1n) is 9.34. The Balaban J connectivity index is 1.90. The maximum atomic E-state index is 13.0. The Labute approximate surface area is 165 Å². The summed E-state index contributed by atoms with van der Waals surface area (Å²) < 4.78 is 0. The summed E-state index contributed by atoms with van der Waals surface area (Å²) in [4.78, 5) is 45.6. The van der Waals surface area contributed by atoms with E-state index in [0.717, 1.165) is 32.4 Å². The average molecular weight is 394 g/mol. The zero-order valence-electron chi connectivity index (χ0n) is 15.4. The molecule has 2 aliphatic heterocycles. The Morgan fingerprint density at radius 1 is 1.21 bits per heavy atom. The van der Waals surface area contributed by atoms with E-state index in [1.807, 2.05) is 11.0 Å². The van der Waals surface area contributed by atoms with E-state index in [1.54, 1.807) is 6.07 Å². The van der Waals surface area contributed by atoms with Crippen molar-refractivity contribution in [1.29, 1.82) is 5.26 Å². The third-order valence-electron chi connectivity index (χ3n) is 5.37. The molecule has 2 aliphatic rings. The molecule has 1 saturated heterocycles. The largest absolute Gasteiger partial charge is 0.342 e. The highest BCUT2D eigenvalue weighted by Gasteiger charge is 2.43. The number of piperidine rings is 1. The Bertz CT molecular complexity index is 1080. The Hall–Kier alpha value is -3.74. The number of rotatable bonds is 3. The number of nitriles is 1. The molecule has 0 aliphatic carbocycles. The first-order valence-corrected chi connectivity index (χ1v) is 9.34. The van der Waals surface area contributed by atoms with Crippen LogP contribution in [0.1, 0.15) is 36.3 Å². The molecule has 0 radical (unpaired) electrons. The van der Waals surface area contributed by atoms with Crippen LogP contribution in [-0.4, -0.2) is 33.9 Å². The maximum Gasteiger partial charge on any atom is 0.273 e. The lowest BCUT2D eigenvalue weighted by Crippen LogP contribution is -2.40. The van der Waals surface area contributed by atoms with Gasteiger partial charge >= 0.3 is 0 Å². The number of carbonyl (C=O) groups is 1. The number of carbonyl (C=O) groups excluding carboxylic acids is 1. The lowest BCUT2D eigenvalue weighted by atomic mass is 9.78. The van der Waals surface area contributed by atoms with E-state index in [0.29, 0.717) is 5.95 Å². The molecule has 0 saturated carbocycles. The summed E-state index contributed by atoms with van der Waals surface area (Å²) in [5.74, 6) is -2.60. The van der Waals surface area contributed by atoms with Gasteiger partial charge in [0.25, 0.3) is 11.2 Å². The molecule has 29 heavy (non-hydrogen) atoms. The van der Waals surface area contributed by atoms with Crippen LogP contribution in [-0.2, 0) is 4.79 Å². The van der Waals surface area contributed by atoms with Gasteiger partial charge in [0.05, 0.1) is 16.6 Å². The van der Waals surface area contributed by atoms with Crippen LogP contribution in [0.4, 0.5) is 17.5 Å².